The van der Waals surface area contributed by atoms with E-state index in [9.17, 15) is 0 Å². The van der Waals surface area contributed by atoms with Crippen LogP contribution in [0.25, 0.3) is 44.5 Å². The van der Waals surface area contributed by atoms with Crippen molar-refractivity contribution in [3.05, 3.63) is 268 Å². The van der Waals surface area contributed by atoms with E-state index in [1.54, 1.807) is 100 Å². The van der Waals surface area contributed by atoms with Crippen molar-refractivity contribution in [3.8, 4) is 44.5 Å². The van der Waals surface area contributed by atoms with Gasteiger partial charge in [0, 0.05) is 29.6 Å². The topological polar surface area (TPSA) is 0 Å². The molecule has 0 N–H and O–H groups in total. The summed E-state index contributed by atoms with van der Waals surface area (Å²) in [6.45, 7) is 32.5. The smallest absolute Gasteiger partial charge is 0.0161 e. The van der Waals surface area contributed by atoms with Crippen LogP contribution in [0.5, 0.6) is 0 Å². The Bertz CT molecular complexity index is 4930. The van der Waals surface area contributed by atoms with E-state index in [-0.39, 0.29) is 0 Å². The summed E-state index contributed by atoms with van der Waals surface area (Å²) in [5, 5.41) is 0. The van der Waals surface area contributed by atoms with E-state index in [4.69, 9.17) is 0 Å². The molecule has 9 aromatic carbocycles. The summed E-state index contributed by atoms with van der Waals surface area (Å²) in [5.41, 5.74) is 46.9. The van der Waals surface area contributed by atoms with Crippen LogP contribution < -0.4 is 0 Å². The predicted octanol–water partition coefficient (Wildman–Crippen LogP) is 39.0. The number of hydrogen-bond donors (Lipinski definition) is 0. The molecule has 0 nitrogen and oxygen atoms in total. The largest absolute Gasteiger partial charge is 0.0654 e. The second-order valence-corrected chi connectivity index (χ2v) is 42.8. The highest BCUT2D eigenvalue weighted by molar-refractivity contribution is 5.86. The monoisotopic (exact) mass is 1690 g/mol. The van der Waals surface area contributed by atoms with Gasteiger partial charge in [-0.1, -0.05) is 447 Å². The van der Waals surface area contributed by atoms with Crippen LogP contribution in [0.1, 0.15) is 496 Å². The maximum Gasteiger partial charge on any atom is 0.0161 e. The Morgan fingerprint density at radius 2 is 0.619 bits per heavy atom. The lowest BCUT2D eigenvalue weighted by Gasteiger charge is -2.45. The lowest BCUT2D eigenvalue weighted by molar-refractivity contribution is 0.163. The third kappa shape index (κ3) is 21.6. The molecule has 5 unspecified atom stereocenters. The molecule has 17 rings (SSSR count). The minimum absolute atomic E-state index is 0.415. The van der Waals surface area contributed by atoms with Gasteiger partial charge >= 0.3 is 0 Å². The highest BCUT2D eigenvalue weighted by Gasteiger charge is 2.50. The van der Waals surface area contributed by atoms with Crippen molar-refractivity contribution in [2.75, 3.05) is 0 Å². The zero-order valence-corrected chi connectivity index (χ0v) is 82.7. The maximum atomic E-state index is 2.56. The first-order valence-electron chi connectivity index (χ1n) is 53.5. The number of rotatable bonds is 43. The molecule has 0 aliphatic heterocycles. The fourth-order valence-electron chi connectivity index (χ4n) is 26.8. The standard InChI is InChI=1S/3C34H50.C24H22/c1-5-7-9-11-13-15-22-34(23-16-14-12-10-8-6-2)24-21-28-27(4)18-20-30-29-19-17-26(3)25-31(29)33(34)32(28)30;1-5-7-9-11-13-15-22-34(23-16-14-12-10-8-6-2)24-21-30-31-25-26(3)17-19-28(31)29-20-18-27(4)33(34)32(29)30;1-5-7-9-11-13-15-21-34(22-16-14-12-10-8-6-2)24-31-27(4)18-20-29-28-19-17-26(3)23-30(28)32(25-34)33(29)31;1-15-8-10-19-20-11-9-16(2)23-18(17-6-4-3-5-7-17)12-13-21(24(20)23)22(19)14-15/h17-20,25,33H,5-16,21-24H2,1-4H3;17-20,25,30H,5-16,21-24H2,1-4H3;17-20,23,32H,5-16,21-22,24-25H2,1-4H3;3-11,14,18,21H,12-13H2,1-2H3. The molecule has 0 radical (unpaired) electrons. The molecule has 0 amide bonds. The minimum atomic E-state index is 0.415. The second kappa shape index (κ2) is 45.7. The number of hydrogen-bond acceptors (Lipinski definition) is 0. The Balaban J connectivity index is 0.000000137. The van der Waals surface area contributed by atoms with Crippen LogP contribution in [0, 0.1) is 66.2 Å². The van der Waals surface area contributed by atoms with Crippen LogP contribution in [-0.4, -0.2) is 0 Å². The molecule has 0 heterocycles. The molecule has 8 aliphatic carbocycles. The first-order valence-corrected chi connectivity index (χ1v) is 53.5. The van der Waals surface area contributed by atoms with Crippen LogP contribution >= 0.6 is 0 Å². The summed E-state index contributed by atoms with van der Waals surface area (Å²) in [5.74, 6) is 3.06. The van der Waals surface area contributed by atoms with Gasteiger partial charge in [-0.05, 0) is 301 Å². The van der Waals surface area contributed by atoms with E-state index in [0.717, 1.165) is 0 Å². The second-order valence-electron chi connectivity index (χ2n) is 42.8. The summed E-state index contributed by atoms with van der Waals surface area (Å²) in [6.07, 6.45) is 70.1. The van der Waals surface area contributed by atoms with Crippen LogP contribution in [0.4, 0.5) is 0 Å². The quantitative estimate of drug-likeness (QED) is 0.0334. The summed E-state index contributed by atoms with van der Waals surface area (Å²) < 4.78 is 0. The van der Waals surface area contributed by atoms with Gasteiger partial charge in [-0.3, -0.25) is 0 Å². The first kappa shape index (κ1) is 95.1. The number of benzene rings is 9. The summed E-state index contributed by atoms with van der Waals surface area (Å²) in [6, 6.07) is 59.2. The van der Waals surface area contributed by atoms with Gasteiger partial charge in [0.05, 0.1) is 0 Å². The van der Waals surface area contributed by atoms with E-state index in [2.05, 4.69) is 249 Å². The summed E-state index contributed by atoms with van der Waals surface area (Å²) >= 11 is 0. The minimum Gasteiger partial charge on any atom is -0.0654 e. The average molecular weight is 1690 g/mol. The van der Waals surface area contributed by atoms with Gasteiger partial charge in [0.15, 0.2) is 0 Å². The third-order valence-electron chi connectivity index (χ3n) is 33.5. The zero-order valence-electron chi connectivity index (χ0n) is 82.7. The van der Waals surface area contributed by atoms with E-state index < -0.39 is 0 Å². The van der Waals surface area contributed by atoms with Gasteiger partial charge in [-0.15, -0.1) is 0 Å². The van der Waals surface area contributed by atoms with E-state index in [1.807, 2.05) is 0 Å². The molecule has 0 spiro atoms. The number of fused-ring (bicyclic) bond motifs is 12. The number of unbranched alkanes of at least 4 members (excludes halogenated alkanes) is 30. The van der Waals surface area contributed by atoms with Crippen LogP contribution in [0.2, 0.25) is 0 Å². The molecule has 8 aliphatic rings. The van der Waals surface area contributed by atoms with E-state index in [1.165, 1.54) is 382 Å². The normalized spacial score (nSPS) is 18.2. The third-order valence-corrected chi connectivity index (χ3v) is 33.5. The molecule has 0 bridgehead atoms. The highest BCUT2D eigenvalue weighted by Crippen LogP contribution is 2.65. The van der Waals surface area contributed by atoms with Gasteiger partial charge in [0.1, 0.15) is 0 Å². The van der Waals surface area contributed by atoms with Gasteiger partial charge < -0.3 is 0 Å². The van der Waals surface area contributed by atoms with Crippen LogP contribution in [0.3, 0.4) is 0 Å². The molecule has 0 heteroatoms. The molecule has 126 heavy (non-hydrogen) atoms. The maximum absolute atomic E-state index is 2.56. The average Bonchev–Trinajstić information content (AvgIpc) is 1.57. The fraction of sp³-hybridized carbons (Fsp3) is 0.571. The molecule has 0 aromatic heterocycles. The van der Waals surface area contributed by atoms with Crippen molar-refractivity contribution in [1.29, 1.82) is 0 Å². The van der Waals surface area contributed by atoms with E-state index >= 15 is 0 Å². The predicted molar refractivity (Wildman–Crippen MR) is 551 cm³/mol. The Labute approximate surface area is 771 Å². The van der Waals surface area contributed by atoms with Gasteiger partial charge in [-0.25, -0.2) is 0 Å². The SMILES string of the molecule is CCCCCCCCC1(CCCCCCCC)CCC2c3cc(C)ccc3-c3ccc(C)c1c32.CCCCCCCCC1(CCCCCCCC)CCc2c(C)ccc3c2C1c1cc(C)ccc1-3.CCCCCCCCC1(CCCCCCCC)Cc2c(C)ccc3c2C(C1)c1cc(C)ccc1-3.Cc1ccc2c(c1)C1CCC(c3ccccc3)c3c(C)ccc-2c31. The summed E-state index contributed by atoms with van der Waals surface area (Å²) in [4.78, 5) is 0. The Hall–Kier alpha value is -7.02. The van der Waals surface area contributed by atoms with Crippen molar-refractivity contribution in [3.63, 3.8) is 0 Å². The molecular formula is C126H172. The number of aryl methyl sites for hydroxylation is 8. The Kier molecular flexibility index (Phi) is 34.5. The Morgan fingerprint density at radius 3 is 1.10 bits per heavy atom. The highest BCUT2D eigenvalue weighted by atomic mass is 14.5. The molecular weight excluding hydrogens is 1510 g/mol. The van der Waals surface area contributed by atoms with Gasteiger partial charge in [0.2, 0.25) is 0 Å². The van der Waals surface area contributed by atoms with Crippen LogP contribution in [0.15, 0.2) is 152 Å². The molecule has 0 saturated carbocycles. The lowest BCUT2D eigenvalue weighted by Crippen LogP contribution is -2.34. The molecule has 0 fully saturated rings. The van der Waals surface area contributed by atoms with E-state index in [0.29, 0.717) is 45.8 Å². The molecule has 5 atom stereocenters. The van der Waals surface area contributed by atoms with Crippen molar-refractivity contribution >= 4 is 0 Å². The van der Waals surface area contributed by atoms with Crippen LogP contribution in [-0.2, 0) is 18.3 Å². The zero-order chi connectivity index (χ0) is 88.2. The van der Waals surface area contributed by atoms with Gasteiger partial charge in [0.25, 0.3) is 0 Å². The van der Waals surface area contributed by atoms with Crippen molar-refractivity contribution in [2.24, 2.45) is 10.8 Å². The van der Waals surface area contributed by atoms with Gasteiger partial charge in [-0.2, -0.15) is 0 Å². The van der Waals surface area contributed by atoms with Crippen molar-refractivity contribution < 1.29 is 0 Å². The Morgan fingerprint density at radius 1 is 0.262 bits per heavy atom. The lowest BCUT2D eigenvalue weighted by atomic mass is 9.58. The first-order chi connectivity index (χ1) is 61.5. The molecule has 9 aromatic rings. The van der Waals surface area contributed by atoms with Crippen molar-refractivity contribution in [1.82, 2.24) is 0 Å². The molecule has 0 saturated heterocycles. The molecule has 676 valence electrons. The van der Waals surface area contributed by atoms with Crippen molar-refractivity contribution in [2.45, 2.75) is 453 Å². The fourth-order valence-corrected chi connectivity index (χ4v) is 26.8. The summed E-state index contributed by atoms with van der Waals surface area (Å²) in [7, 11) is 0.